The van der Waals surface area contributed by atoms with E-state index in [1.54, 1.807) is 6.07 Å². The molecule has 0 unspecified atom stereocenters. The maximum absolute atomic E-state index is 12.0. The van der Waals surface area contributed by atoms with Crippen LogP contribution in [0, 0.1) is 0 Å². The summed E-state index contributed by atoms with van der Waals surface area (Å²) >= 11 is 0. The second-order valence-electron chi connectivity index (χ2n) is 5.73. The van der Waals surface area contributed by atoms with Crippen molar-refractivity contribution in [3.8, 4) is 16.9 Å². The monoisotopic (exact) mass is 324 g/mol. The lowest BCUT2D eigenvalue weighted by Gasteiger charge is -2.10. The number of rotatable bonds is 9. The van der Waals surface area contributed by atoms with E-state index < -0.39 is 5.97 Å². The molecule has 2 aromatic rings. The summed E-state index contributed by atoms with van der Waals surface area (Å²) in [4.78, 5) is 22.2. The molecule has 0 bridgehead atoms. The van der Waals surface area contributed by atoms with E-state index >= 15 is 0 Å². The third-order valence-electron chi connectivity index (χ3n) is 3.80. The lowest BCUT2D eigenvalue weighted by atomic mass is 10.1. The molecule has 0 aliphatic carbocycles. The minimum Gasteiger partial charge on any atom is -0.286 e. The Bertz CT molecular complexity index is 662. The Morgan fingerprint density at radius 3 is 2.42 bits per heavy atom. The fraction of sp³-hybridized carbons (Fsp3) is 0.286. The summed E-state index contributed by atoms with van der Waals surface area (Å²) < 4.78 is 0. The van der Waals surface area contributed by atoms with Gasteiger partial charge >= 0.3 is 5.97 Å². The largest absolute Gasteiger partial charge is 0.381 e. The summed E-state index contributed by atoms with van der Waals surface area (Å²) in [7, 11) is 0. The Hall–Kier alpha value is -2.55. The number of unbranched alkanes of at least 4 members (excludes halogenated alkanes) is 3. The van der Waals surface area contributed by atoms with Crippen molar-refractivity contribution in [3.63, 3.8) is 0 Å². The van der Waals surface area contributed by atoms with Crippen molar-refractivity contribution in [2.24, 2.45) is 0 Å². The molecular weight excluding hydrogens is 300 g/mol. The van der Waals surface area contributed by atoms with Gasteiger partial charge in [-0.15, -0.1) is 0 Å². The van der Waals surface area contributed by atoms with E-state index in [0.29, 0.717) is 17.7 Å². The molecule has 0 aliphatic rings. The molecular formula is C21H24O3. The molecule has 0 spiro atoms. The molecule has 24 heavy (non-hydrogen) atoms. The highest BCUT2D eigenvalue weighted by Crippen LogP contribution is 2.29. The van der Waals surface area contributed by atoms with Crippen molar-refractivity contribution in [1.29, 1.82) is 0 Å². The van der Waals surface area contributed by atoms with Gasteiger partial charge in [0.25, 0.3) is 0 Å². The second-order valence-corrected chi connectivity index (χ2v) is 5.73. The number of hydrogen-bond acceptors (Lipinski definition) is 3. The molecule has 126 valence electrons. The van der Waals surface area contributed by atoms with E-state index in [2.05, 4.69) is 13.5 Å². The van der Waals surface area contributed by atoms with Gasteiger partial charge in [0.15, 0.2) is 5.75 Å². The summed E-state index contributed by atoms with van der Waals surface area (Å²) in [5.74, 6) is 0.00481. The predicted octanol–water partition coefficient (Wildman–Crippen LogP) is 5.72. The Labute approximate surface area is 143 Å². The summed E-state index contributed by atoms with van der Waals surface area (Å²) in [6, 6.07) is 17.3. The number of carbonyl (C=O) groups is 1. The molecule has 0 atom stereocenters. The SMILES string of the molecule is C=C(CCCCCC)C(=O)OOc1ccccc1-c1ccccc1. The van der Waals surface area contributed by atoms with Crippen LogP contribution >= 0.6 is 0 Å². The molecule has 0 radical (unpaired) electrons. The lowest BCUT2D eigenvalue weighted by molar-refractivity contribution is -0.208. The third kappa shape index (κ3) is 5.27. The number of benzene rings is 2. The van der Waals surface area contributed by atoms with Gasteiger partial charge in [0, 0.05) is 11.1 Å². The average molecular weight is 324 g/mol. The molecule has 2 aromatic carbocycles. The van der Waals surface area contributed by atoms with Crippen LogP contribution in [0.4, 0.5) is 0 Å². The Morgan fingerprint density at radius 2 is 1.67 bits per heavy atom. The van der Waals surface area contributed by atoms with Crippen LogP contribution in [0.5, 0.6) is 5.75 Å². The molecule has 3 nitrogen and oxygen atoms in total. The van der Waals surface area contributed by atoms with E-state index in [9.17, 15) is 4.79 Å². The molecule has 0 aromatic heterocycles. The molecule has 0 saturated carbocycles. The van der Waals surface area contributed by atoms with Gasteiger partial charge in [-0.1, -0.05) is 81.3 Å². The van der Waals surface area contributed by atoms with Gasteiger partial charge in [0.1, 0.15) is 0 Å². The fourth-order valence-corrected chi connectivity index (χ4v) is 2.40. The predicted molar refractivity (Wildman–Crippen MR) is 96.5 cm³/mol. The van der Waals surface area contributed by atoms with Gasteiger partial charge in [-0.2, -0.15) is 0 Å². The zero-order valence-electron chi connectivity index (χ0n) is 14.2. The number of para-hydroxylation sites is 1. The second kappa shape index (κ2) is 9.56. The van der Waals surface area contributed by atoms with Crippen molar-refractivity contribution in [2.45, 2.75) is 39.0 Å². The van der Waals surface area contributed by atoms with Crippen LogP contribution < -0.4 is 4.89 Å². The van der Waals surface area contributed by atoms with Crippen molar-refractivity contribution in [2.75, 3.05) is 0 Å². The summed E-state index contributed by atoms with van der Waals surface area (Å²) in [6.45, 7) is 5.94. The highest BCUT2D eigenvalue weighted by Gasteiger charge is 2.13. The Morgan fingerprint density at radius 1 is 0.958 bits per heavy atom. The van der Waals surface area contributed by atoms with E-state index in [4.69, 9.17) is 9.78 Å². The fourth-order valence-electron chi connectivity index (χ4n) is 2.40. The van der Waals surface area contributed by atoms with Gasteiger partial charge in [0.2, 0.25) is 0 Å². The first-order chi connectivity index (χ1) is 11.7. The average Bonchev–Trinajstić information content (AvgIpc) is 2.64. The minimum absolute atomic E-state index is 0.447. The third-order valence-corrected chi connectivity index (χ3v) is 3.80. The Kier molecular flexibility index (Phi) is 7.09. The highest BCUT2D eigenvalue weighted by molar-refractivity contribution is 5.87. The molecule has 0 N–H and O–H groups in total. The van der Waals surface area contributed by atoms with Crippen LogP contribution in [0.3, 0.4) is 0 Å². The number of hydrogen-bond donors (Lipinski definition) is 0. The van der Waals surface area contributed by atoms with E-state index in [0.717, 1.165) is 30.4 Å². The van der Waals surface area contributed by atoms with Crippen molar-refractivity contribution >= 4 is 5.97 Å². The van der Waals surface area contributed by atoms with Gasteiger partial charge < -0.3 is 0 Å². The van der Waals surface area contributed by atoms with Crippen molar-refractivity contribution < 1.29 is 14.6 Å². The van der Waals surface area contributed by atoms with Gasteiger partial charge in [0.05, 0.1) is 0 Å². The standard InChI is InChI=1S/C21H24O3/c1-3-4-5-7-12-17(2)21(22)24-23-20-16-11-10-15-19(20)18-13-8-6-9-14-18/h6,8-11,13-16H,2-5,7,12H2,1H3. The molecule has 0 aliphatic heterocycles. The van der Waals surface area contributed by atoms with Gasteiger partial charge in [-0.05, 0) is 24.5 Å². The topological polar surface area (TPSA) is 35.5 Å². The molecule has 0 saturated heterocycles. The molecule has 0 amide bonds. The van der Waals surface area contributed by atoms with Crippen LogP contribution in [0.1, 0.15) is 39.0 Å². The Balaban J connectivity index is 1.93. The zero-order chi connectivity index (χ0) is 17.2. The maximum atomic E-state index is 12.0. The highest BCUT2D eigenvalue weighted by atomic mass is 17.2. The van der Waals surface area contributed by atoms with Crippen molar-refractivity contribution in [1.82, 2.24) is 0 Å². The summed E-state index contributed by atoms with van der Waals surface area (Å²) in [6.07, 6.45) is 5.02. The van der Waals surface area contributed by atoms with E-state index in [1.807, 2.05) is 48.5 Å². The summed E-state index contributed by atoms with van der Waals surface area (Å²) in [5, 5.41) is 0. The molecule has 0 heterocycles. The molecule has 2 rings (SSSR count). The normalized spacial score (nSPS) is 10.2. The summed E-state index contributed by atoms with van der Waals surface area (Å²) in [5.41, 5.74) is 2.32. The van der Waals surface area contributed by atoms with Crippen LogP contribution in [0.15, 0.2) is 66.7 Å². The lowest BCUT2D eigenvalue weighted by Crippen LogP contribution is -2.10. The van der Waals surface area contributed by atoms with Crippen molar-refractivity contribution in [3.05, 3.63) is 66.7 Å². The van der Waals surface area contributed by atoms with Gasteiger partial charge in [-0.3, -0.25) is 4.89 Å². The van der Waals surface area contributed by atoms with Crippen LogP contribution in [0.25, 0.3) is 11.1 Å². The minimum atomic E-state index is -0.505. The first-order valence-electron chi connectivity index (χ1n) is 8.43. The first kappa shape index (κ1) is 17.8. The zero-order valence-corrected chi connectivity index (χ0v) is 14.2. The quantitative estimate of drug-likeness (QED) is 0.256. The van der Waals surface area contributed by atoms with E-state index in [-0.39, 0.29) is 0 Å². The van der Waals surface area contributed by atoms with Gasteiger partial charge in [-0.25, -0.2) is 9.68 Å². The van der Waals surface area contributed by atoms with Crippen LogP contribution in [0.2, 0.25) is 0 Å². The maximum Gasteiger partial charge on any atom is 0.381 e. The van der Waals surface area contributed by atoms with Crippen LogP contribution in [-0.4, -0.2) is 5.97 Å². The van der Waals surface area contributed by atoms with E-state index in [1.165, 1.54) is 6.42 Å². The van der Waals surface area contributed by atoms with Crippen LogP contribution in [-0.2, 0) is 9.68 Å². The number of carbonyl (C=O) groups excluding carboxylic acids is 1. The first-order valence-corrected chi connectivity index (χ1v) is 8.43. The molecule has 0 fully saturated rings. The molecule has 3 heteroatoms. The smallest absolute Gasteiger partial charge is 0.286 e.